The Morgan fingerprint density at radius 1 is 0.918 bits per heavy atom. The van der Waals surface area contributed by atoms with Gasteiger partial charge in [0.2, 0.25) is 17.6 Å². The number of aromatic nitrogens is 1. The van der Waals surface area contributed by atoms with Gasteiger partial charge in [-0.3, -0.25) is 14.4 Å². The molecule has 1 unspecified atom stereocenters. The van der Waals surface area contributed by atoms with Gasteiger partial charge in [0.1, 0.15) is 24.3 Å². The zero-order chi connectivity index (χ0) is 35.2. The molecule has 13 heteroatoms. The van der Waals surface area contributed by atoms with Crippen LogP contribution in [0.3, 0.4) is 0 Å². The lowest BCUT2D eigenvalue weighted by molar-refractivity contribution is -0.140. The van der Waals surface area contributed by atoms with E-state index >= 15 is 0 Å². The zero-order valence-corrected chi connectivity index (χ0v) is 29.0. The second-order valence-corrected chi connectivity index (χ2v) is 13.7. The SMILES string of the molecule is CC(C)(C)OC(=O)N[C@H](Cc1ccccc1)C(=O)N1CCC[C@H]1C(=O)NC(CCCCNC(=O)OCc1ccccc1)C(=O)c1nccs1. The van der Waals surface area contributed by atoms with Crippen LogP contribution in [0.1, 0.15) is 73.8 Å². The first kappa shape index (κ1) is 37.0. The molecule has 1 aromatic heterocycles. The maximum Gasteiger partial charge on any atom is 0.408 e. The van der Waals surface area contributed by atoms with Gasteiger partial charge in [0.15, 0.2) is 5.01 Å². The van der Waals surface area contributed by atoms with E-state index in [1.54, 1.807) is 26.2 Å². The number of hydrogen-bond acceptors (Lipinski definition) is 9. The topological polar surface area (TPSA) is 156 Å². The maximum atomic E-state index is 14.0. The van der Waals surface area contributed by atoms with Crippen molar-refractivity contribution in [2.75, 3.05) is 13.1 Å². The Morgan fingerprint density at radius 3 is 2.27 bits per heavy atom. The Hall–Kier alpha value is -4.78. The molecule has 0 spiro atoms. The van der Waals surface area contributed by atoms with Gasteiger partial charge < -0.3 is 30.3 Å². The highest BCUT2D eigenvalue weighted by molar-refractivity contribution is 7.11. The summed E-state index contributed by atoms with van der Waals surface area (Å²) in [6.07, 6.45) is 2.85. The van der Waals surface area contributed by atoms with Gasteiger partial charge in [-0.25, -0.2) is 14.6 Å². The summed E-state index contributed by atoms with van der Waals surface area (Å²) in [6.45, 7) is 6.04. The summed E-state index contributed by atoms with van der Waals surface area (Å²) in [6, 6.07) is 16.0. The number of benzene rings is 2. The minimum Gasteiger partial charge on any atom is -0.445 e. The van der Waals surface area contributed by atoms with Crippen LogP contribution in [-0.4, -0.2) is 76.5 Å². The number of alkyl carbamates (subject to hydrolysis) is 2. The number of amides is 4. The van der Waals surface area contributed by atoms with E-state index in [0.717, 1.165) is 11.1 Å². The van der Waals surface area contributed by atoms with E-state index in [2.05, 4.69) is 20.9 Å². The molecule has 3 atom stereocenters. The Bertz CT molecular complexity index is 1530. The van der Waals surface area contributed by atoms with Gasteiger partial charge in [0, 0.05) is 31.1 Å². The van der Waals surface area contributed by atoms with Crippen molar-refractivity contribution in [2.24, 2.45) is 0 Å². The highest BCUT2D eigenvalue weighted by Gasteiger charge is 2.39. The standard InChI is InChI=1S/C36H45N5O7S/c1-36(2,3)48-35(46)40-28(23-25-13-6-4-7-14-25)33(44)41-21-12-18-29(41)31(43)39-27(30(42)32-37-20-22-49-32)17-10-11-19-38-34(45)47-24-26-15-8-5-9-16-26/h4-9,13-16,20,22,27-29H,10-12,17-19,21,23-24H2,1-3H3,(H,38,45)(H,39,43)(H,40,46)/t27?,28-,29+/m1/s1. The van der Waals surface area contributed by atoms with E-state index in [-0.39, 0.29) is 23.8 Å². The summed E-state index contributed by atoms with van der Waals surface area (Å²) >= 11 is 1.19. The molecule has 0 saturated carbocycles. The Labute approximate surface area is 291 Å². The minimum absolute atomic E-state index is 0.161. The average Bonchev–Trinajstić information content (AvgIpc) is 3.79. The molecule has 1 fully saturated rings. The predicted octanol–water partition coefficient (Wildman–Crippen LogP) is 5.03. The van der Waals surface area contributed by atoms with Crippen molar-refractivity contribution in [3.8, 4) is 0 Å². The van der Waals surface area contributed by atoms with E-state index in [1.807, 2.05) is 60.7 Å². The van der Waals surface area contributed by atoms with Crippen molar-refractivity contribution in [1.29, 1.82) is 0 Å². The van der Waals surface area contributed by atoms with E-state index in [9.17, 15) is 24.0 Å². The molecule has 3 N–H and O–H groups in total. The second-order valence-electron chi connectivity index (χ2n) is 12.8. The van der Waals surface area contributed by atoms with E-state index in [4.69, 9.17) is 9.47 Å². The number of ether oxygens (including phenoxy) is 2. The number of carbonyl (C=O) groups is 5. The minimum atomic E-state index is -0.967. The monoisotopic (exact) mass is 691 g/mol. The lowest BCUT2D eigenvalue weighted by Crippen LogP contribution is -2.56. The van der Waals surface area contributed by atoms with Crippen LogP contribution in [-0.2, 0) is 32.1 Å². The number of unbranched alkanes of at least 4 members (excludes halogenated alkanes) is 1. The van der Waals surface area contributed by atoms with Gasteiger partial charge >= 0.3 is 12.2 Å². The van der Waals surface area contributed by atoms with Gasteiger partial charge in [0.05, 0.1) is 6.04 Å². The van der Waals surface area contributed by atoms with Crippen LogP contribution in [0.5, 0.6) is 0 Å². The Morgan fingerprint density at radius 2 is 1.61 bits per heavy atom. The van der Waals surface area contributed by atoms with E-state index in [1.165, 1.54) is 22.4 Å². The fraction of sp³-hybridized carbons (Fsp3) is 0.444. The molecular weight excluding hydrogens is 646 g/mol. The van der Waals surface area contributed by atoms with Crippen LogP contribution in [0.4, 0.5) is 9.59 Å². The van der Waals surface area contributed by atoms with Crippen molar-refractivity contribution >= 4 is 41.1 Å². The summed E-state index contributed by atoms with van der Waals surface area (Å²) in [7, 11) is 0. The van der Waals surface area contributed by atoms with Crippen LogP contribution in [0, 0.1) is 0 Å². The van der Waals surface area contributed by atoms with Crippen LogP contribution in [0.2, 0.25) is 0 Å². The van der Waals surface area contributed by atoms with Gasteiger partial charge in [-0.2, -0.15) is 0 Å². The molecule has 2 aromatic carbocycles. The molecule has 0 bridgehead atoms. The van der Waals surface area contributed by atoms with Gasteiger partial charge in [-0.1, -0.05) is 60.7 Å². The largest absolute Gasteiger partial charge is 0.445 e. The summed E-state index contributed by atoms with van der Waals surface area (Å²) in [5.74, 6) is -1.16. The summed E-state index contributed by atoms with van der Waals surface area (Å²) < 4.78 is 10.7. The molecule has 0 aliphatic carbocycles. The first-order valence-electron chi connectivity index (χ1n) is 16.5. The molecule has 0 radical (unpaired) electrons. The van der Waals surface area contributed by atoms with E-state index < -0.39 is 47.7 Å². The Balaban J connectivity index is 1.36. The molecule has 12 nitrogen and oxygen atoms in total. The van der Waals surface area contributed by atoms with Crippen LogP contribution in [0.15, 0.2) is 72.2 Å². The van der Waals surface area contributed by atoms with Crippen LogP contribution >= 0.6 is 11.3 Å². The molecule has 3 aromatic rings. The molecule has 1 aliphatic rings. The number of ketones is 1. The average molecular weight is 692 g/mol. The lowest BCUT2D eigenvalue weighted by Gasteiger charge is -2.30. The van der Waals surface area contributed by atoms with Crippen molar-refractivity contribution < 1.29 is 33.4 Å². The number of Topliss-reactive ketones (excluding diaryl/α,β-unsaturated/α-hetero) is 1. The fourth-order valence-electron chi connectivity index (χ4n) is 5.47. The first-order valence-corrected chi connectivity index (χ1v) is 17.4. The number of likely N-dealkylation sites (tertiary alicyclic amines) is 1. The molecule has 1 aliphatic heterocycles. The molecular formula is C36H45N5O7S. The summed E-state index contributed by atoms with van der Waals surface area (Å²) in [4.78, 5) is 71.6. The molecule has 262 valence electrons. The van der Waals surface area contributed by atoms with Crippen molar-refractivity contribution in [2.45, 2.75) is 89.6 Å². The molecule has 2 heterocycles. The normalized spacial score (nSPS) is 15.5. The van der Waals surface area contributed by atoms with Gasteiger partial charge in [-0.05, 0) is 64.0 Å². The van der Waals surface area contributed by atoms with Crippen molar-refractivity contribution in [1.82, 2.24) is 25.8 Å². The first-order chi connectivity index (χ1) is 23.5. The third-order valence-corrected chi connectivity index (χ3v) is 8.58. The summed E-state index contributed by atoms with van der Waals surface area (Å²) in [5, 5.41) is 10.3. The second kappa shape index (κ2) is 18.1. The summed E-state index contributed by atoms with van der Waals surface area (Å²) in [5.41, 5.74) is 0.955. The number of nitrogens with zero attached hydrogens (tertiary/aromatic N) is 2. The smallest absolute Gasteiger partial charge is 0.408 e. The van der Waals surface area contributed by atoms with E-state index in [0.29, 0.717) is 45.2 Å². The number of carbonyl (C=O) groups excluding carboxylic acids is 5. The fourth-order valence-corrected chi connectivity index (χ4v) is 6.10. The number of thiazole rings is 1. The Kier molecular flexibility index (Phi) is 13.7. The van der Waals surface area contributed by atoms with Crippen molar-refractivity contribution in [3.63, 3.8) is 0 Å². The maximum absolute atomic E-state index is 14.0. The quantitative estimate of drug-likeness (QED) is 0.148. The lowest BCUT2D eigenvalue weighted by atomic mass is 10.0. The van der Waals surface area contributed by atoms with Gasteiger partial charge in [0.25, 0.3) is 0 Å². The third-order valence-electron chi connectivity index (χ3n) is 7.79. The number of rotatable bonds is 15. The van der Waals surface area contributed by atoms with Crippen LogP contribution in [0.25, 0.3) is 0 Å². The van der Waals surface area contributed by atoms with Crippen LogP contribution < -0.4 is 16.0 Å². The zero-order valence-electron chi connectivity index (χ0n) is 28.2. The highest BCUT2D eigenvalue weighted by Crippen LogP contribution is 2.21. The number of nitrogens with one attached hydrogen (secondary N) is 3. The molecule has 4 rings (SSSR count). The molecule has 1 saturated heterocycles. The van der Waals surface area contributed by atoms with Crippen molar-refractivity contribution in [3.05, 3.63) is 88.4 Å². The van der Waals surface area contributed by atoms with Gasteiger partial charge in [-0.15, -0.1) is 11.3 Å². The highest BCUT2D eigenvalue weighted by atomic mass is 32.1. The predicted molar refractivity (Wildman–Crippen MR) is 185 cm³/mol. The number of hydrogen-bond donors (Lipinski definition) is 3. The molecule has 49 heavy (non-hydrogen) atoms. The molecule has 4 amide bonds. The third kappa shape index (κ3) is 12.0.